The Morgan fingerprint density at radius 2 is 1.42 bits per heavy atom. The van der Waals surface area contributed by atoms with Gasteiger partial charge in [-0.05, 0) is 20.3 Å². The van der Waals surface area contributed by atoms with Crippen LogP contribution in [0.1, 0.15) is 40.0 Å². The van der Waals surface area contributed by atoms with Gasteiger partial charge in [0.25, 0.3) is 5.60 Å². The molecule has 2 nitrogen and oxygen atoms in total. The minimum absolute atomic E-state index is 0.0409. The molecule has 116 valence electrons. The Hall–Kier alpha value is -0.500. The van der Waals surface area contributed by atoms with Gasteiger partial charge in [-0.3, -0.25) is 0 Å². The molecule has 0 aliphatic carbocycles. The summed E-state index contributed by atoms with van der Waals surface area (Å²) in [5.74, 6) is 0. The number of rotatable bonds is 7. The molecule has 0 fully saturated rings. The highest BCUT2D eigenvalue weighted by atomic mass is 19.4. The summed E-state index contributed by atoms with van der Waals surface area (Å²) in [4.78, 5) is 0. The number of unbranched alkanes of at least 4 members (excludes halogenated alkanes) is 1. The van der Waals surface area contributed by atoms with Crippen LogP contribution < -0.4 is 0 Å². The second kappa shape index (κ2) is 6.78. The lowest BCUT2D eigenvalue weighted by molar-refractivity contribution is -0.408. The lowest BCUT2D eigenvalue weighted by atomic mass is 9.94. The maximum absolute atomic E-state index is 12.9. The smallest absolute Gasteiger partial charge is 0.353 e. The maximum Gasteiger partial charge on any atom is 0.426 e. The maximum atomic E-state index is 12.9. The lowest BCUT2D eigenvalue weighted by Gasteiger charge is -2.38. The van der Waals surface area contributed by atoms with Gasteiger partial charge in [-0.15, -0.1) is 0 Å². The lowest BCUT2D eigenvalue weighted by Crippen LogP contribution is -2.60. The van der Waals surface area contributed by atoms with Gasteiger partial charge in [0.1, 0.15) is 0 Å². The summed E-state index contributed by atoms with van der Waals surface area (Å²) in [7, 11) is 0. The normalized spacial score (nSPS) is 15.6. The van der Waals surface area contributed by atoms with Crippen molar-refractivity contribution in [2.75, 3.05) is 6.61 Å². The number of hydrogen-bond acceptors (Lipinski definition) is 2. The van der Waals surface area contributed by atoms with Crippen molar-refractivity contribution in [1.29, 1.82) is 0 Å². The Bertz CT molecular complexity index is 247. The largest absolute Gasteiger partial charge is 0.426 e. The average Bonchev–Trinajstić information content (AvgIpc) is 2.21. The average molecular weight is 296 g/mol. The van der Waals surface area contributed by atoms with Gasteiger partial charge in [0.2, 0.25) is 0 Å². The van der Waals surface area contributed by atoms with Crippen molar-refractivity contribution in [2.45, 2.75) is 64.3 Å². The number of alkyl halides is 6. The fourth-order valence-corrected chi connectivity index (χ4v) is 1.61. The summed E-state index contributed by atoms with van der Waals surface area (Å²) in [6.45, 7) is 3.93. The molecule has 0 aromatic carbocycles. The molecule has 0 rings (SSSR count). The van der Waals surface area contributed by atoms with Gasteiger partial charge in [0.05, 0.1) is 0 Å². The first-order chi connectivity index (χ1) is 8.52. The Balaban J connectivity index is 5.38. The molecule has 1 unspecified atom stereocenters. The van der Waals surface area contributed by atoms with Gasteiger partial charge >= 0.3 is 12.4 Å². The number of halogens is 6. The molecule has 8 heteroatoms. The van der Waals surface area contributed by atoms with E-state index in [2.05, 4.69) is 9.47 Å². The first-order valence-electron chi connectivity index (χ1n) is 5.94. The van der Waals surface area contributed by atoms with E-state index in [-0.39, 0.29) is 19.4 Å². The Morgan fingerprint density at radius 1 is 0.947 bits per heavy atom. The molecule has 0 saturated carbocycles. The standard InChI is InChI=1S/C11H18F6O2/c1-4-6-7-9(10(12,13)14,11(15,16)17)19-8(3)18-5-2/h8H,4-7H2,1-3H3. The third kappa shape index (κ3) is 4.52. The molecule has 0 aromatic rings. The number of hydrogen-bond donors (Lipinski definition) is 0. The SMILES string of the molecule is CCCCC(OC(C)OCC)(C(F)(F)F)C(F)(F)F. The summed E-state index contributed by atoms with van der Waals surface area (Å²) < 4.78 is 86.3. The molecule has 0 aliphatic rings. The van der Waals surface area contributed by atoms with E-state index < -0.39 is 30.7 Å². The van der Waals surface area contributed by atoms with Crippen molar-refractivity contribution in [1.82, 2.24) is 0 Å². The van der Waals surface area contributed by atoms with Crippen molar-refractivity contribution in [2.24, 2.45) is 0 Å². The highest BCUT2D eigenvalue weighted by Gasteiger charge is 2.72. The van der Waals surface area contributed by atoms with Gasteiger partial charge in [-0.2, -0.15) is 26.3 Å². The predicted octanol–water partition coefficient (Wildman–Crippen LogP) is 4.44. The van der Waals surface area contributed by atoms with Crippen LogP contribution in [-0.4, -0.2) is 30.9 Å². The van der Waals surface area contributed by atoms with Crippen LogP contribution in [-0.2, 0) is 9.47 Å². The van der Waals surface area contributed by atoms with E-state index in [1.54, 1.807) is 0 Å². The summed E-state index contributed by atoms with van der Waals surface area (Å²) >= 11 is 0. The highest BCUT2D eigenvalue weighted by molar-refractivity contribution is 4.96. The van der Waals surface area contributed by atoms with E-state index in [4.69, 9.17) is 0 Å². The molecule has 0 N–H and O–H groups in total. The molecule has 0 aromatic heterocycles. The molecular formula is C11H18F6O2. The van der Waals surface area contributed by atoms with Crippen LogP contribution in [0.15, 0.2) is 0 Å². The van der Waals surface area contributed by atoms with E-state index >= 15 is 0 Å². The summed E-state index contributed by atoms with van der Waals surface area (Å²) in [6.07, 6.45) is -13.9. The van der Waals surface area contributed by atoms with Crippen LogP contribution in [0, 0.1) is 0 Å². The molecule has 0 aliphatic heterocycles. The van der Waals surface area contributed by atoms with Gasteiger partial charge in [0, 0.05) is 6.61 Å². The molecule has 0 radical (unpaired) electrons. The highest BCUT2D eigenvalue weighted by Crippen LogP contribution is 2.49. The van der Waals surface area contributed by atoms with Gasteiger partial charge in [-0.25, -0.2) is 0 Å². The van der Waals surface area contributed by atoms with Crippen molar-refractivity contribution in [3.05, 3.63) is 0 Å². The predicted molar refractivity (Wildman–Crippen MR) is 56.5 cm³/mol. The van der Waals surface area contributed by atoms with Crippen LogP contribution >= 0.6 is 0 Å². The van der Waals surface area contributed by atoms with Crippen molar-refractivity contribution >= 4 is 0 Å². The zero-order chi connectivity index (χ0) is 15.3. The molecule has 1 atom stereocenters. The monoisotopic (exact) mass is 296 g/mol. The Labute approximate surface area is 108 Å². The van der Waals surface area contributed by atoms with Crippen LogP contribution in [0.3, 0.4) is 0 Å². The van der Waals surface area contributed by atoms with E-state index in [1.165, 1.54) is 13.8 Å². The quantitative estimate of drug-likeness (QED) is 0.511. The molecule has 0 saturated heterocycles. The van der Waals surface area contributed by atoms with Crippen LogP contribution in [0.5, 0.6) is 0 Å². The second-order valence-electron chi connectivity index (χ2n) is 4.07. The molecule has 0 amide bonds. The fraction of sp³-hybridized carbons (Fsp3) is 1.00. The molecule has 0 bridgehead atoms. The first kappa shape index (κ1) is 18.5. The van der Waals surface area contributed by atoms with Crippen molar-refractivity contribution in [3.63, 3.8) is 0 Å². The number of ether oxygens (including phenoxy) is 2. The molecule has 19 heavy (non-hydrogen) atoms. The van der Waals surface area contributed by atoms with Crippen molar-refractivity contribution in [3.8, 4) is 0 Å². The van der Waals surface area contributed by atoms with Crippen LogP contribution in [0.25, 0.3) is 0 Å². The third-order valence-corrected chi connectivity index (χ3v) is 2.57. The zero-order valence-corrected chi connectivity index (χ0v) is 11.0. The second-order valence-corrected chi connectivity index (χ2v) is 4.07. The van der Waals surface area contributed by atoms with E-state index in [1.807, 2.05) is 0 Å². The summed E-state index contributed by atoms with van der Waals surface area (Å²) in [5.41, 5.74) is -4.18. The van der Waals surface area contributed by atoms with E-state index in [0.29, 0.717) is 0 Å². The third-order valence-electron chi connectivity index (χ3n) is 2.57. The first-order valence-corrected chi connectivity index (χ1v) is 5.94. The minimum Gasteiger partial charge on any atom is -0.353 e. The molecule has 0 spiro atoms. The van der Waals surface area contributed by atoms with Crippen molar-refractivity contribution < 1.29 is 35.8 Å². The fourth-order valence-electron chi connectivity index (χ4n) is 1.61. The Morgan fingerprint density at radius 3 is 1.74 bits per heavy atom. The minimum atomic E-state index is -5.55. The van der Waals surface area contributed by atoms with Crippen LogP contribution in [0.4, 0.5) is 26.3 Å². The topological polar surface area (TPSA) is 18.5 Å². The Kier molecular flexibility index (Phi) is 6.61. The summed E-state index contributed by atoms with van der Waals surface area (Å²) in [6, 6.07) is 0. The van der Waals surface area contributed by atoms with Gasteiger partial charge in [0.15, 0.2) is 6.29 Å². The molecular weight excluding hydrogens is 278 g/mol. The zero-order valence-electron chi connectivity index (χ0n) is 11.0. The van der Waals surface area contributed by atoms with E-state index in [9.17, 15) is 26.3 Å². The van der Waals surface area contributed by atoms with Gasteiger partial charge < -0.3 is 9.47 Å². The van der Waals surface area contributed by atoms with Gasteiger partial charge in [-0.1, -0.05) is 19.8 Å². The molecule has 0 heterocycles. The summed E-state index contributed by atoms with van der Waals surface area (Å²) in [5, 5.41) is 0. The van der Waals surface area contributed by atoms with Crippen LogP contribution in [0.2, 0.25) is 0 Å². The van der Waals surface area contributed by atoms with E-state index in [0.717, 1.165) is 6.92 Å².